The van der Waals surface area contributed by atoms with E-state index in [1.165, 1.54) is 0 Å². The molecule has 0 fully saturated rings. The Labute approximate surface area is 110 Å². The first-order valence-corrected chi connectivity index (χ1v) is 6.02. The molecule has 0 aromatic heterocycles. The minimum atomic E-state index is 0.131. The lowest BCUT2D eigenvalue weighted by Gasteiger charge is -2.00. The van der Waals surface area contributed by atoms with Gasteiger partial charge in [-0.25, -0.2) is 0 Å². The zero-order valence-electron chi connectivity index (χ0n) is 10.2. The van der Waals surface area contributed by atoms with Crippen LogP contribution in [0.1, 0.15) is 0 Å². The number of hydrogen-bond acceptors (Lipinski definition) is 3. The van der Waals surface area contributed by atoms with Gasteiger partial charge in [0.1, 0.15) is 11.4 Å². The summed E-state index contributed by atoms with van der Waals surface area (Å²) < 4.78 is 0. The number of phenols is 1. The van der Waals surface area contributed by atoms with Gasteiger partial charge < -0.3 is 5.11 Å². The number of azo groups is 1. The lowest BCUT2D eigenvalue weighted by molar-refractivity contribution is 0.476. The van der Waals surface area contributed by atoms with E-state index in [9.17, 15) is 5.11 Å². The van der Waals surface area contributed by atoms with E-state index >= 15 is 0 Å². The monoisotopic (exact) mass is 248 g/mol. The van der Waals surface area contributed by atoms with Gasteiger partial charge in [0.25, 0.3) is 0 Å². The number of nitrogens with zero attached hydrogens (tertiary/aromatic N) is 2. The standard InChI is InChI=1S/C16H12N2O/c19-16-11-4-3-9-15(16)18-17-14-10-5-7-12-6-1-2-8-13(12)14/h1-11,19H/b18-17+. The minimum absolute atomic E-state index is 0.131. The molecule has 0 saturated carbocycles. The summed E-state index contributed by atoms with van der Waals surface area (Å²) in [5.74, 6) is 0.131. The van der Waals surface area contributed by atoms with Crippen LogP contribution in [-0.4, -0.2) is 5.11 Å². The molecule has 0 radical (unpaired) electrons. The summed E-state index contributed by atoms with van der Waals surface area (Å²) in [4.78, 5) is 0. The summed E-state index contributed by atoms with van der Waals surface area (Å²) >= 11 is 0. The Hall–Kier alpha value is -2.68. The Morgan fingerprint density at radius 3 is 2.16 bits per heavy atom. The van der Waals surface area contributed by atoms with Crippen molar-refractivity contribution in [2.75, 3.05) is 0 Å². The van der Waals surface area contributed by atoms with Crippen LogP contribution in [0.15, 0.2) is 77.0 Å². The van der Waals surface area contributed by atoms with Crippen LogP contribution in [-0.2, 0) is 0 Å². The molecule has 19 heavy (non-hydrogen) atoms. The van der Waals surface area contributed by atoms with Crippen LogP contribution in [0.4, 0.5) is 11.4 Å². The van der Waals surface area contributed by atoms with Crippen molar-refractivity contribution in [2.24, 2.45) is 10.2 Å². The fourth-order valence-electron chi connectivity index (χ4n) is 1.95. The number of benzene rings is 3. The Morgan fingerprint density at radius 2 is 1.26 bits per heavy atom. The molecule has 0 atom stereocenters. The molecule has 3 heteroatoms. The molecule has 0 amide bonds. The van der Waals surface area contributed by atoms with Crippen LogP contribution < -0.4 is 0 Å². The van der Waals surface area contributed by atoms with E-state index in [-0.39, 0.29) is 5.75 Å². The highest BCUT2D eigenvalue weighted by molar-refractivity contribution is 5.92. The van der Waals surface area contributed by atoms with Gasteiger partial charge in [-0.05, 0) is 23.6 Å². The largest absolute Gasteiger partial charge is 0.506 e. The van der Waals surface area contributed by atoms with Crippen molar-refractivity contribution in [1.82, 2.24) is 0 Å². The maximum atomic E-state index is 9.65. The van der Waals surface area contributed by atoms with Gasteiger partial charge >= 0.3 is 0 Å². The number of para-hydroxylation sites is 1. The highest BCUT2D eigenvalue weighted by Gasteiger charge is 2.00. The van der Waals surface area contributed by atoms with Crippen molar-refractivity contribution >= 4 is 22.1 Å². The minimum Gasteiger partial charge on any atom is -0.506 e. The summed E-state index contributed by atoms with van der Waals surface area (Å²) in [5, 5.41) is 20.1. The van der Waals surface area contributed by atoms with Gasteiger partial charge in [0.2, 0.25) is 0 Å². The molecular formula is C16H12N2O. The van der Waals surface area contributed by atoms with Crippen LogP contribution >= 0.6 is 0 Å². The Kier molecular flexibility index (Phi) is 2.94. The van der Waals surface area contributed by atoms with Gasteiger partial charge in [0, 0.05) is 5.39 Å². The first kappa shape index (κ1) is 11.4. The molecule has 0 aliphatic heterocycles. The van der Waals surface area contributed by atoms with Gasteiger partial charge in [-0.15, -0.1) is 10.2 Å². The molecule has 0 heterocycles. The van der Waals surface area contributed by atoms with E-state index in [4.69, 9.17) is 0 Å². The normalized spacial score (nSPS) is 11.2. The van der Waals surface area contributed by atoms with Crippen molar-refractivity contribution in [3.05, 3.63) is 66.7 Å². The quantitative estimate of drug-likeness (QED) is 0.640. The van der Waals surface area contributed by atoms with Crippen LogP contribution in [0.3, 0.4) is 0 Å². The number of aromatic hydroxyl groups is 1. The summed E-state index contributed by atoms with van der Waals surface area (Å²) in [5.41, 5.74) is 1.26. The molecule has 3 aromatic rings. The van der Waals surface area contributed by atoms with Crippen molar-refractivity contribution in [3.63, 3.8) is 0 Å². The van der Waals surface area contributed by atoms with E-state index in [0.717, 1.165) is 16.5 Å². The lowest BCUT2D eigenvalue weighted by atomic mass is 10.1. The van der Waals surface area contributed by atoms with E-state index < -0.39 is 0 Å². The second-order valence-corrected chi connectivity index (χ2v) is 4.19. The highest BCUT2D eigenvalue weighted by Crippen LogP contribution is 2.30. The molecule has 0 saturated heterocycles. The van der Waals surface area contributed by atoms with Crippen LogP contribution in [0.2, 0.25) is 0 Å². The smallest absolute Gasteiger partial charge is 0.143 e. The Morgan fingerprint density at radius 1 is 0.632 bits per heavy atom. The molecule has 3 nitrogen and oxygen atoms in total. The summed E-state index contributed by atoms with van der Waals surface area (Å²) in [6, 6.07) is 20.8. The molecular weight excluding hydrogens is 236 g/mol. The fraction of sp³-hybridized carbons (Fsp3) is 0. The summed E-state index contributed by atoms with van der Waals surface area (Å²) in [6.07, 6.45) is 0. The van der Waals surface area contributed by atoms with Crippen LogP contribution in [0, 0.1) is 0 Å². The zero-order valence-corrected chi connectivity index (χ0v) is 10.2. The zero-order chi connectivity index (χ0) is 13.1. The van der Waals surface area contributed by atoms with E-state index in [1.807, 2.05) is 48.5 Å². The average Bonchev–Trinajstić information content (AvgIpc) is 2.46. The SMILES string of the molecule is Oc1ccccc1/N=N/c1cccc2ccccc12. The van der Waals surface area contributed by atoms with Gasteiger partial charge in [0.05, 0.1) is 5.69 Å². The molecule has 92 valence electrons. The third-order valence-electron chi connectivity index (χ3n) is 2.91. The second-order valence-electron chi connectivity index (χ2n) is 4.19. The fourth-order valence-corrected chi connectivity index (χ4v) is 1.95. The number of rotatable bonds is 2. The maximum Gasteiger partial charge on any atom is 0.143 e. The van der Waals surface area contributed by atoms with Crippen molar-refractivity contribution in [3.8, 4) is 5.75 Å². The predicted octanol–water partition coefficient (Wildman–Crippen LogP) is 4.96. The Bertz CT molecular complexity index is 745. The molecule has 0 spiro atoms. The topological polar surface area (TPSA) is 45.0 Å². The van der Waals surface area contributed by atoms with Crippen molar-refractivity contribution < 1.29 is 5.11 Å². The van der Waals surface area contributed by atoms with Crippen LogP contribution in [0.5, 0.6) is 5.75 Å². The van der Waals surface area contributed by atoms with Gasteiger partial charge in [-0.1, -0.05) is 48.5 Å². The molecule has 3 rings (SSSR count). The lowest BCUT2D eigenvalue weighted by Crippen LogP contribution is -1.72. The van der Waals surface area contributed by atoms with E-state index in [1.54, 1.807) is 18.2 Å². The van der Waals surface area contributed by atoms with Gasteiger partial charge in [0.15, 0.2) is 0 Å². The van der Waals surface area contributed by atoms with Gasteiger partial charge in [-0.3, -0.25) is 0 Å². The molecule has 0 aliphatic carbocycles. The van der Waals surface area contributed by atoms with Gasteiger partial charge in [-0.2, -0.15) is 0 Å². The molecule has 0 bridgehead atoms. The third-order valence-corrected chi connectivity index (χ3v) is 2.91. The first-order valence-electron chi connectivity index (χ1n) is 6.02. The van der Waals surface area contributed by atoms with Crippen molar-refractivity contribution in [1.29, 1.82) is 0 Å². The number of phenolic OH excluding ortho intramolecular Hbond substituents is 1. The summed E-state index contributed by atoms with van der Waals surface area (Å²) in [6.45, 7) is 0. The average molecular weight is 248 g/mol. The maximum absolute atomic E-state index is 9.65. The molecule has 1 N–H and O–H groups in total. The predicted molar refractivity (Wildman–Crippen MR) is 76.2 cm³/mol. The number of fused-ring (bicyclic) bond motifs is 1. The van der Waals surface area contributed by atoms with Crippen LogP contribution in [0.25, 0.3) is 10.8 Å². The molecule has 0 aliphatic rings. The molecule has 0 unspecified atom stereocenters. The Balaban J connectivity index is 2.04. The number of hydrogen-bond donors (Lipinski definition) is 1. The molecule has 3 aromatic carbocycles. The highest BCUT2D eigenvalue weighted by atomic mass is 16.3. The first-order chi connectivity index (χ1) is 9.34. The van der Waals surface area contributed by atoms with E-state index in [2.05, 4.69) is 10.2 Å². The summed E-state index contributed by atoms with van der Waals surface area (Å²) in [7, 11) is 0. The third kappa shape index (κ3) is 2.31. The van der Waals surface area contributed by atoms with E-state index in [0.29, 0.717) is 5.69 Å². The van der Waals surface area contributed by atoms with Crippen molar-refractivity contribution in [2.45, 2.75) is 0 Å². The second kappa shape index (κ2) is 4.90.